The number of aliphatic hydroxyl groups is 1. The Labute approximate surface area is 216 Å². The number of para-hydroxylation sites is 1. The average Bonchev–Trinajstić information content (AvgIpc) is 2.98. The number of nitrogens with zero attached hydrogens (tertiary/aromatic N) is 1. The molecule has 3 N–H and O–H groups in total. The number of esters is 1. The van der Waals surface area contributed by atoms with E-state index in [2.05, 4.69) is 5.09 Å². The zero-order chi connectivity index (χ0) is 27.6. The first kappa shape index (κ1) is 29.0. The maximum atomic E-state index is 15.9. The van der Waals surface area contributed by atoms with Crippen molar-refractivity contribution in [3.05, 3.63) is 63.4 Å². The molecule has 1 aliphatic heterocycles. The van der Waals surface area contributed by atoms with Crippen LogP contribution in [0.15, 0.2) is 52.2 Å². The second-order valence-corrected chi connectivity index (χ2v) is 11.3. The molecule has 1 saturated heterocycles. The van der Waals surface area contributed by atoms with E-state index >= 15 is 4.39 Å². The Balaban J connectivity index is 1.86. The zero-order valence-electron chi connectivity index (χ0n) is 20.4. The highest BCUT2D eigenvalue weighted by Gasteiger charge is 2.63. The Hall–Kier alpha value is -2.54. The Bertz CT molecular complexity index is 1270. The first-order chi connectivity index (χ1) is 17.2. The van der Waals surface area contributed by atoms with Gasteiger partial charge in [0.1, 0.15) is 29.4 Å². The van der Waals surface area contributed by atoms with Crippen LogP contribution in [0.4, 0.5) is 4.39 Å². The van der Waals surface area contributed by atoms with Crippen LogP contribution in [0.25, 0.3) is 0 Å². The molecule has 0 aliphatic carbocycles. The number of aromatic nitrogens is 2. The zero-order valence-corrected chi connectivity index (χ0v) is 22.1. The number of H-pyrrole nitrogens is 1. The van der Waals surface area contributed by atoms with Crippen molar-refractivity contribution in [2.45, 2.75) is 62.9 Å². The Kier molecular flexibility index (Phi) is 8.68. The van der Waals surface area contributed by atoms with Crippen LogP contribution < -0.4 is 20.9 Å². The summed E-state index contributed by atoms with van der Waals surface area (Å²) in [5.74, 6) is -3.78. The second-order valence-electron chi connectivity index (χ2n) is 8.84. The number of hydrogen-bond donors (Lipinski definition) is 3. The standard InChI is InChI=1S/C22H28ClFN3O9P/c1-13(2)34-17(29)14(3)26-37(32,36-15-8-6-5-7-9-15)33-12-22(24)18(30)21(4,23)19(35-22)27-11-10-16(28)25-20(27)31/h5-11,13-14,18-19,30H,12H2,1-4H3,(H,26,32)(H,25,28,31). The summed E-state index contributed by atoms with van der Waals surface area (Å²) < 4.78 is 51.4. The number of aromatic amines is 1. The lowest BCUT2D eigenvalue weighted by atomic mass is 10.00. The summed E-state index contributed by atoms with van der Waals surface area (Å²) in [7, 11) is -4.51. The predicted octanol–water partition coefficient (Wildman–Crippen LogP) is 2.22. The molecule has 1 aliphatic rings. The van der Waals surface area contributed by atoms with Gasteiger partial charge in [-0.25, -0.2) is 13.8 Å². The number of aliphatic hydroxyl groups excluding tert-OH is 1. The monoisotopic (exact) mass is 563 g/mol. The minimum atomic E-state index is -4.51. The van der Waals surface area contributed by atoms with Crippen LogP contribution in [0.5, 0.6) is 5.75 Å². The molecule has 2 aromatic rings. The summed E-state index contributed by atoms with van der Waals surface area (Å²) in [5.41, 5.74) is -1.67. The lowest BCUT2D eigenvalue weighted by Crippen LogP contribution is -2.47. The number of carbonyl (C=O) groups excluding carboxylic acids is 1. The van der Waals surface area contributed by atoms with Gasteiger partial charge in [0.15, 0.2) is 6.23 Å². The molecular formula is C22H28ClFN3O9P. The van der Waals surface area contributed by atoms with Crippen LogP contribution >= 0.6 is 19.3 Å². The van der Waals surface area contributed by atoms with Crippen molar-refractivity contribution in [2.75, 3.05) is 6.61 Å². The minimum absolute atomic E-state index is 0.0726. The van der Waals surface area contributed by atoms with Gasteiger partial charge in [0.2, 0.25) is 0 Å². The van der Waals surface area contributed by atoms with Gasteiger partial charge in [-0.3, -0.25) is 23.7 Å². The van der Waals surface area contributed by atoms with E-state index in [0.717, 1.165) is 16.8 Å². The van der Waals surface area contributed by atoms with Gasteiger partial charge < -0.3 is 19.1 Å². The maximum Gasteiger partial charge on any atom is 0.459 e. The first-order valence-corrected chi connectivity index (χ1v) is 13.1. The second kappa shape index (κ2) is 11.1. The van der Waals surface area contributed by atoms with E-state index in [1.807, 2.05) is 4.98 Å². The van der Waals surface area contributed by atoms with Crippen LogP contribution in [0.1, 0.15) is 33.9 Å². The fraction of sp³-hybridized carbons (Fsp3) is 0.500. The predicted molar refractivity (Wildman–Crippen MR) is 130 cm³/mol. The average molecular weight is 564 g/mol. The maximum absolute atomic E-state index is 15.9. The summed E-state index contributed by atoms with van der Waals surface area (Å²) in [4.78, 5) is 36.0. The highest BCUT2D eigenvalue weighted by molar-refractivity contribution is 7.52. The molecule has 0 amide bonds. The Morgan fingerprint density at radius 1 is 1.30 bits per heavy atom. The van der Waals surface area contributed by atoms with E-state index in [1.165, 1.54) is 26.0 Å². The van der Waals surface area contributed by atoms with E-state index in [1.54, 1.807) is 32.0 Å². The third-order valence-electron chi connectivity index (χ3n) is 5.29. The summed E-state index contributed by atoms with van der Waals surface area (Å²) >= 11 is 6.37. The number of rotatable bonds is 10. The number of alkyl halides is 2. The number of halogens is 2. The summed E-state index contributed by atoms with van der Waals surface area (Å²) in [5, 5.41) is 13.1. The molecule has 1 aromatic carbocycles. The van der Waals surface area contributed by atoms with Gasteiger partial charge in [-0.2, -0.15) is 5.09 Å². The van der Waals surface area contributed by atoms with E-state index in [-0.39, 0.29) is 5.75 Å². The summed E-state index contributed by atoms with van der Waals surface area (Å²) in [6, 6.07) is 7.54. The van der Waals surface area contributed by atoms with Gasteiger partial charge in [0, 0.05) is 12.3 Å². The van der Waals surface area contributed by atoms with Crippen LogP contribution in [0.2, 0.25) is 0 Å². The van der Waals surface area contributed by atoms with Crippen molar-refractivity contribution in [1.29, 1.82) is 0 Å². The molecule has 37 heavy (non-hydrogen) atoms. The van der Waals surface area contributed by atoms with E-state index in [0.29, 0.717) is 0 Å². The largest absolute Gasteiger partial charge is 0.462 e. The smallest absolute Gasteiger partial charge is 0.459 e. The number of hydrogen-bond acceptors (Lipinski definition) is 9. The van der Waals surface area contributed by atoms with E-state index < -0.39 is 66.8 Å². The summed E-state index contributed by atoms with van der Waals surface area (Å²) in [6.07, 6.45) is -3.12. The third-order valence-corrected chi connectivity index (χ3v) is 7.31. The molecule has 15 heteroatoms. The molecule has 0 spiro atoms. The number of ether oxygens (including phenoxy) is 2. The topological polar surface area (TPSA) is 158 Å². The van der Waals surface area contributed by atoms with Crippen molar-refractivity contribution in [3.63, 3.8) is 0 Å². The van der Waals surface area contributed by atoms with Gasteiger partial charge in [-0.05, 0) is 39.8 Å². The number of carbonyl (C=O) groups is 1. The quantitative estimate of drug-likeness (QED) is 0.222. The fourth-order valence-electron chi connectivity index (χ4n) is 3.48. The van der Waals surface area contributed by atoms with Crippen LogP contribution in [-0.4, -0.2) is 56.2 Å². The van der Waals surface area contributed by atoms with Gasteiger partial charge in [0.05, 0.1) is 6.10 Å². The van der Waals surface area contributed by atoms with Crippen molar-refractivity contribution in [1.82, 2.24) is 14.6 Å². The van der Waals surface area contributed by atoms with Gasteiger partial charge in [-0.1, -0.05) is 18.2 Å². The number of benzene rings is 1. The molecule has 6 atom stereocenters. The molecule has 1 fully saturated rings. The van der Waals surface area contributed by atoms with Crippen LogP contribution in [0, 0.1) is 0 Å². The van der Waals surface area contributed by atoms with Crippen LogP contribution in [0.3, 0.4) is 0 Å². The Morgan fingerprint density at radius 2 is 1.95 bits per heavy atom. The molecular weight excluding hydrogens is 536 g/mol. The summed E-state index contributed by atoms with van der Waals surface area (Å²) in [6.45, 7) is 4.62. The molecule has 2 heterocycles. The SMILES string of the molecule is CC(C)OC(=O)C(C)NP(=O)(OCC1(F)OC(n2ccc(=O)[nH]c2=O)C(C)(Cl)C1O)Oc1ccccc1. The van der Waals surface area contributed by atoms with Crippen molar-refractivity contribution < 1.29 is 37.4 Å². The molecule has 0 radical (unpaired) electrons. The molecule has 6 unspecified atom stereocenters. The van der Waals surface area contributed by atoms with Crippen molar-refractivity contribution >= 4 is 25.3 Å². The van der Waals surface area contributed by atoms with Gasteiger partial charge in [0.25, 0.3) is 11.4 Å². The highest BCUT2D eigenvalue weighted by atomic mass is 35.5. The van der Waals surface area contributed by atoms with Crippen molar-refractivity contribution in [2.24, 2.45) is 0 Å². The third kappa shape index (κ3) is 6.67. The molecule has 0 bridgehead atoms. The van der Waals surface area contributed by atoms with Crippen LogP contribution in [-0.2, 0) is 23.4 Å². The molecule has 0 saturated carbocycles. The molecule has 204 valence electrons. The fourth-order valence-corrected chi connectivity index (χ4v) is 5.30. The van der Waals surface area contributed by atoms with E-state index in [4.69, 9.17) is 30.1 Å². The van der Waals surface area contributed by atoms with E-state index in [9.17, 15) is 24.1 Å². The van der Waals surface area contributed by atoms with Gasteiger partial charge >= 0.3 is 19.4 Å². The lowest BCUT2D eigenvalue weighted by Gasteiger charge is -2.28. The van der Waals surface area contributed by atoms with Gasteiger partial charge in [-0.15, -0.1) is 11.6 Å². The molecule has 3 rings (SSSR count). The normalized spacial score (nSPS) is 28.0. The Morgan fingerprint density at radius 3 is 2.54 bits per heavy atom. The number of nitrogens with one attached hydrogen (secondary N) is 2. The lowest BCUT2D eigenvalue weighted by molar-refractivity contribution is -0.204. The molecule has 1 aromatic heterocycles. The molecule has 12 nitrogen and oxygen atoms in total. The minimum Gasteiger partial charge on any atom is -0.462 e. The first-order valence-electron chi connectivity index (χ1n) is 11.2. The highest BCUT2D eigenvalue weighted by Crippen LogP contribution is 2.52. The van der Waals surface area contributed by atoms with Crippen molar-refractivity contribution in [3.8, 4) is 5.75 Å².